The van der Waals surface area contributed by atoms with E-state index in [9.17, 15) is 0 Å². The van der Waals surface area contributed by atoms with Gasteiger partial charge < -0.3 is 17.2 Å². The van der Waals surface area contributed by atoms with Crippen LogP contribution < -0.4 is 17.2 Å². The molecule has 4 rings (SSSR count). The van der Waals surface area contributed by atoms with E-state index in [1.54, 1.807) is 0 Å². The van der Waals surface area contributed by atoms with Crippen LogP contribution in [0.25, 0.3) is 0 Å². The summed E-state index contributed by atoms with van der Waals surface area (Å²) in [5.74, 6) is 0.163. The molecule has 6 N–H and O–H groups in total. The van der Waals surface area contributed by atoms with E-state index >= 15 is 0 Å². The van der Waals surface area contributed by atoms with E-state index in [4.69, 9.17) is 17.2 Å². The summed E-state index contributed by atoms with van der Waals surface area (Å²) in [4.78, 5) is 0. The van der Waals surface area contributed by atoms with Gasteiger partial charge in [0, 0.05) is 25.6 Å². The molecule has 0 amide bonds. The SMILES string of the molecule is CC1=C(C)C(C(c2cccc(CN)c2)(c2cccc(CN)c2)c2cccc(CN)c2)C=C1. The van der Waals surface area contributed by atoms with Crippen LogP contribution in [0.4, 0.5) is 0 Å². The summed E-state index contributed by atoms with van der Waals surface area (Å²) in [6.45, 7) is 5.96. The molecule has 3 nitrogen and oxygen atoms in total. The van der Waals surface area contributed by atoms with Crippen molar-refractivity contribution in [2.75, 3.05) is 0 Å². The monoisotopic (exact) mass is 423 g/mol. The third-order valence-corrected chi connectivity index (χ3v) is 6.95. The van der Waals surface area contributed by atoms with Gasteiger partial charge in [0.2, 0.25) is 0 Å². The quantitative estimate of drug-likeness (QED) is 0.472. The van der Waals surface area contributed by atoms with E-state index < -0.39 is 5.41 Å². The maximum absolute atomic E-state index is 6.08. The molecular weight excluding hydrogens is 390 g/mol. The second-order valence-corrected chi connectivity index (χ2v) is 8.72. The predicted octanol–water partition coefficient (Wildman–Crippen LogP) is 4.92. The highest BCUT2D eigenvalue weighted by Crippen LogP contribution is 2.51. The van der Waals surface area contributed by atoms with Crippen molar-refractivity contribution in [3.63, 3.8) is 0 Å². The van der Waals surface area contributed by atoms with Crippen LogP contribution in [0, 0.1) is 5.92 Å². The van der Waals surface area contributed by atoms with Gasteiger partial charge in [0.05, 0.1) is 5.41 Å². The van der Waals surface area contributed by atoms with E-state index in [-0.39, 0.29) is 5.92 Å². The number of nitrogens with two attached hydrogens (primary N) is 3. The lowest BCUT2D eigenvalue weighted by Gasteiger charge is -2.42. The van der Waals surface area contributed by atoms with E-state index in [1.807, 2.05) is 0 Å². The van der Waals surface area contributed by atoms with Gasteiger partial charge in [-0.05, 0) is 47.2 Å². The average molecular weight is 424 g/mol. The third-order valence-electron chi connectivity index (χ3n) is 6.95. The number of allylic oxidation sites excluding steroid dienone is 4. The predicted molar refractivity (Wildman–Crippen MR) is 134 cm³/mol. The molecule has 0 radical (unpaired) electrons. The van der Waals surface area contributed by atoms with Gasteiger partial charge in [-0.25, -0.2) is 0 Å². The number of benzene rings is 3. The van der Waals surface area contributed by atoms with Crippen molar-refractivity contribution in [1.29, 1.82) is 0 Å². The Kier molecular flexibility index (Phi) is 6.43. The first-order valence-corrected chi connectivity index (χ1v) is 11.3. The molecule has 0 heterocycles. The van der Waals surface area contributed by atoms with Gasteiger partial charge in [0.1, 0.15) is 0 Å². The first-order valence-electron chi connectivity index (χ1n) is 11.3. The highest BCUT2D eigenvalue weighted by molar-refractivity contribution is 5.58. The van der Waals surface area contributed by atoms with Crippen molar-refractivity contribution in [3.05, 3.63) is 129 Å². The molecule has 1 aliphatic carbocycles. The number of rotatable bonds is 7. The van der Waals surface area contributed by atoms with Gasteiger partial charge in [-0.1, -0.05) is 96.1 Å². The Morgan fingerprint density at radius 3 is 1.38 bits per heavy atom. The van der Waals surface area contributed by atoms with Crippen LogP contribution in [0.5, 0.6) is 0 Å². The van der Waals surface area contributed by atoms with Gasteiger partial charge >= 0.3 is 0 Å². The molecule has 0 saturated heterocycles. The van der Waals surface area contributed by atoms with Gasteiger partial charge in [0.15, 0.2) is 0 Å². The Labute approximate surface area is 191 Å². The van der Waals surface area contributed by atoms with Crippen LogP contribution >= 0.6 is 0 Å². The minimum atomic E-state index is -0.431. The average Bonchev–Trinajstić information content (AvgIpc) is 3.18. The summed E-state index contributed by atoms with van der Waals surface area (Å²) in [5, 5.41) is 0. The topological polar surface area (TPSA) is 78.1 Å². The lowest BCUT2D eigenvalue weighted by atomic mass is 9.60. The molecular formula is C29H33N3. The lowest BCUT2D eigenvalue weighted by molar-refractivity contribution is 0.504. The fourth-order valence-corrected chi connectivity index (χ4v) is 5.10. The first kappa shape index (κ1) is 22.2. The van der Waals surface area contributed by atoms with Gasteiger partial charge in [-0.15, -0.1) is 0 Å². The summed E-state index contributed by atoms with van der Waals surface area (Å²) < 4.78 is 0. The molecule has 32 heavy (non-hydrogen) atoms. The molecule has 0 aliphatic heterocycles. The molecule has 1 unspecified atom stereocenters. The first-order chi connectivity index (χ1) is 15.5. The van der Waals surface area contributed by atoms with E-state index in [0.29, 0.717) is 19.6 Å². The zero-order chi connectivity index (χ0) is 22.7. The van der Waals surface area contributed by atoms with Crippen molar-refractivity contribution in [2.45, 2.75) is 38.9 Å². The van der Waals surface area contributed by atoms with Crippen molar-refractivity contribution in [3.8, 4) is 0 Å². The molecule has 3 heteroatoms. The fraction of sp³-hybridized carbons (Fsp3) is 0.241. The Hall–Kier alpha value is -2.98. The van der Waals surface area contributed by atoms with Crippen LogP contribution in [-0.4, -0.2) is 0 Å². The van der Waals surface area contributed by atoms with Crippen molar-refractivity contribution in [1.82, 2.24) is 0 Å². The van der Waals surface area contributed by atoms with Crippen LogP contribution in [0.2, 0.25) is 0 Å². The molecule has 3 aromatic rings. The maximum Gasteiger partial charge on any atom is 0.0551 e. The molecule has 0 bridgehead atoms. The minimum Gasteiger partial charge on any atom is -0.326 e. The Balaban J connectivity index is 2.14. The molecule has 1 aliphatic rings. The smallest absolute Gasteiger partial charge is 0.0551 e. The molecule has 3 aromatic carbocycles. The fourth-order valence-electron chi connectivity index (χ4n) is 5.10. The van der Waals surface area contributed by atoms with Crippen LogP contribution in [-0.2, 0) is 25.0 Å². The second kappa shape index (κ2) is 9.25. The summed E-state index contributed by atoms with van der Waals surface area (Å²) in [6, 6.07) is 26.1. The number of hydrogen-bond acceptors (Lipinski definition) is 3. The largest absolute Gasteiger partial charge is 0.326 e. The van der Waals surface area contributed by atoms with Crippen LogP contribution in [0.3, 0.4) is 0 Å². The Bertz CT molecular complexity index is 1060. The number of hydrogen-bond donors (Lipinski definition) is 3. The zero-order valence-corrected chi connectivity index (χ0v) is 19.0. The molecule has 164 valence electrons. The lowest BCUT2D eigenvalue weighted by Crippen LogP contribution is -2.38. The molecule has 0 saturated carbocycles. The van der Waals surface area contributed by atoms with E-state index in [2.05, 4.69) is 98.8 Å². The highest BCUT2D eigenvalue weighted by atomic mass is 14.5. The molecule has 0 fully saturated rings. The molecule has 1 atom stereocenters. The van der Waals surface area contributed by atoms with E-state index in [0.717, 1.165) is 16.7 Å². The normalized spacial score (nSPS) is 16.1. The zero-order valence-electron chi connectivity index (χ0n) is 19.0. The summed E-state index contributed by atoms with van der Waals surface area (Å²) >= 11 is 0. The standard InChI is InChI=1S/C29H33N3/c1-20-12-13-28(21(20)2)29(25-9-3-6-22(14-25)17-30,26-10-4-7-23(15-26)18-31)27-11-5-8-24(16-27)19-32/h3-16,28H,17-19,30-32H2,1-2H3. The molecule has 0 aromatic heterocycles. The second-order valence-electron chi connectivity index (χ2n) is 8.72. The van der Waals surface area contributed by atoms with Gasteiger partial charge in [-0.2, -0.15) is 0 Å². The molecule has 0 spiro atoms. The maximum atomic E-state index is 6.08. The van der Waals surface area contributed by atoms with E-state index in [1.165, 1.54) is 27.8 Å². The highest BCUT2D eigenvalue weighted by Gasteiger charge is 2.45. The third kappa shape index (κ3) is 3.73. The summed E-state index contributed by atoms with van der Waals surface area (Å²) in [7, 11) is 0. The van der Waals surface area contributed by atoms with Gasteiger partial charge in [-0.3, -0.25) is 0 Å². The van der Waals surface area contributed by atoms with Crippen molar-refractivity contribution in [2.24, 2.45) is 23.1 Å². The van der Waals surface area contributed by atoms with Crippen molar-refractivity contribution >= 4 is 0 Å². The summed E-state index contributed by atoms with van der Waals surface area (Å²) in [6.07, 6.45) is 4.60. The summed E-state index contributed by atoms with van der Waals surface area (Å²) in [5.41, 5.74) is 27.5. The Morgan fingerprint density at radius 1 is 0.656 bits per heavy atom. The van der Waals surface area contributed by atoms with Crippen LogP contribution in [0.15, 0.2) is 96.1 Å². The van der Waals surface area contributed by atoms with Gasteiger partial charge in [0.25, 0.3) is 0 Å². The minimum absolute atomic E-state index is 0.163. The Morgan fingerprint density at radius 2 is 1.06 bits per heavy atom. The van der Waals surface area contributed by atoms with Crippen LogP contribution in [0.1, 0.15) is 47.2 Å². The van der Waals surface area contributed by atoms with Crippen molar-refractivity contribution < 1.29 is 0 Å².